The zero-order valence-corrected chi connectivity index (χ0v) is 14.6. The number of nitrogen functional groups attached to an aromatic ring is 1. The lowest BCUT2D eigenvalue weighted by atomic mass is 10.1. The van der Waals surface area contributed by atoms with Crippen molar-refractivity contribution in [2.45, 2.75) is 13.0 Å². The zero-order chi connectivity index (χ0) is 18.5. The van der Waals surface area contributed by atoms with Gasteiger partial charge >= 0.3 is 0 Å². The van der Waals surface area contributed by atoms with Crippen molar-refractivity contribution in [1.82, 2.24) is 25.0 Å². The van der Waals surface area contributed by atoms with E-state index in [1.165, 1.54) is 0 Å². The maximum Gasteiger partial charge on any atom is 0.149 e. The Balaban J connectivity index is 1.45. The molecule has 0 aliphatic heterocycles. The summed E-state index contributed by atoms with van der Waals surface area (Å²) in [6.45, 7) is 0.427. The summed E-state index contributed by atoms with van der Waals surface area (Å²) in [6, 6.07) is 17.4. The summed E-state index contributed by atoms with van der Waals surface area (Å²) in [6.07, 6.45) is 5.84. The second-order valence-electron chi connectivity index (χ2n) is 5.98. The summed E-state index contributed by atoms with van der Waals surface area (Å²) >= 11 is 0. The molecule has 3 heterocycles. The lowest BCUT2D eigenvalue weighted by Gasteiger charge is -2.09. The van der Waals surface area contributed by atoms with Gasteiger partial charge in [-0.1, -0.05) is 29.5 Å². The molecule has 0 radical (unpaired) electrons. The fourth-order valence-corrected chi connectivity index (χ4v) is 2.70. The summed E-state index contributed by atoms with van der Waals surface area (Å²) < 4.78 is 7.42. The van der Waals surface area contributed by atoms with Gasteiger partial charge in [-0.05, 0) is 35.9 Å². The van der Waals surface area contributed by atoms with Gasteiger partial charge in [0.15, 0.2) is 0 Å². The summed E-state index contributed by atoms with van der Waals surface area (Å²) in [7, 11) is 0. The van der Waals surface area contributed by atoms with Crippen LogP contribution < -0.4 is 10.5 Å². The molecule has 0 bridgehead atoms. The van der Waals surface area contributed by atoms with E-state index in [0.29, 0.717) is 24.5 Å². The number of hydrogen-bond donors (Lipinski definition) is 1. The van der Waals surface area contributed by atoms with Crippen LogP contribution in [0.5, 0.6) is 5.75 Å². The third-order valence-electron chi connectivity index (χ3n) is 4.07. The molecule has 3 aromatic heterocycles. The van der Waals surface area contributed by atoms with Gasteiger partial charge in [0, 0.05) is 18.8 Å². The molecule has 0 saturated heterocycles. The minimum atomic E-state index is 0.413. The molecule has 0 amide bonds. The van der Waals surface area contributed by atoms with Crippen molar-refractivity contribution in [3.63, 3.8) is 0 Å². The Morgan fingerprint density at radius 1 is 0.926 bits per heavy atom. The SMILES string of the molecule is Nc1ncccc1-n1nncc1Cc1ccc(COc2ccccc2)nc1. The number of nitrogens with two attached hydrogens (primary N) is 1. The van der Waals surface area contributed by atoms with Gasteiger partial charge in [0.05, 0.1) is 17.6 Å². The minimum Gasteiger partial charge on any atom is -0.487 e. The van der Waals surface area contributed by atoms with Crippen LogP contribution in [0.25, 0.3) is 5.69 Å². The Labute approximate surface area is 156 Å². The van der Waals surface area contributed by atoms with Crippen LogP contribution in [0, 0.1) is 0 Å². The number of hydrogen-bond acceptors (Lipinski definition) is 6. The van der Waals surface area contributed by atoms with Crippen molar-refractivity contribution < 1.29 is 4.74 Å². The van der Waals surface area contributed by atoms with Crippen LogP contribution in [0.15, 0.2) is 73.2 Å². The van der Waals surface area contributed by atoms with Crippen molar-refractivity contribution in [3.8, 4) is 11.4 Å². The molecule has 1 aromatic carbocycles. The Hall–Kier alpha value is -3.74. The van der Waals surface area contributed by atoms with E-state index in [9.17, 15) is 0 Å². The first-order chi connectivity index (χ1) is 13.3. The van der Waals surface area contributed by atoms with Crippen LogP contribution in [-0.2, 0) is 13.0 Å². The van der Waals surface area contributed by atoms with Gasteiger partial charge in [-0.2, -0.15) is 0 Å². The lowest BCUT2D eigenvalue weighted by molar-refractivity contribution is 0.301. The summed E-state index contributed by atoms with van der Waals surface area (Å²) in [5.74, 6) is 1.24. The molecule has 0 fully saturated rings. The first kappa shape index (κ1) is 16.7. The Morgan fingerprint density at radius 2 is 1.81 bits per heavy atom. The molecular weight excluding hydrogens is 340 g/mol. The van der Waals surface area contributed by atoms with E-state index in [-0.39, 0.29) is 0 Å². The first-order valence-electron chi connectivity index (χ1n) is 8.52. The normalized spacial score (nSPS) is 10.7. The van der Waals surface area contributed by atoms with E-state index in [1.807, 2.05) is 60.8 Å². The van der Waals surface area contributed by atoms with Crippen LogP contribution in [0.2, 0.25) is 0 Å². The second-order valence-corrected chi connectivity index (χ2v) is 5.98. The monoisotopic (exact) mass is 358 g/mol. The molecule has 2 N–H and O–H groups in total. The van der Waals surface area contributed by atoms with Gasteiger partial charge in [-0.15, -0.1) is 5.10 Å². The van der Waals surface area contributed by atoms with Gasteiger partial charge in [-0.3, -0.25) is 4.98 Å². The number of anilines is 1. The fraction of sp³-hybridized carbons (Fsp3) is 0.100. The smallest absolute Gasteiger partial charge is 0.149 e. The standard InChI is InChI=1S/C20H18N6O/c21-20-19(7-4-10-22-20)26-17(13-24-25-26)11-15-8-9-16(23-12-15)14-27-18-5-2-1-3-6-18/h1-10,12-13H,11,14H2,(H2,21,22). The highest BCUT2D eigenvalue weighted by molar-refractivity contribution is 5.51. The molecule has 4 rings (SSSR count). The van der Waals surface area contributed by atoms with Crippen molar-refractivity contribution in [2.24, 2.45) is 0 Å². The van der Waals surface area contributed by atoms with Gasteiger partial charge in [0.2, 0.25) is 0 Å². The largest absolute Gasteiger partial charge is 0.487 e. The van der Waals surface area contributed by atoms with Crippen LogP contribution in [0.3, 0.4) is 0 Å². The predicted octanol–water partition coefficient (Wildman–Crippen LogP) is 2.81. The van der Waals surface area contributed by atoms with Gasteiger partial charge in [-0.25, -0.2) is 9.67 Å². The third-order valence-corrected chi connectivity index (χ3v) is 4.07. The molecule has 27 heavy (non-hydrogen) atoms. The van der Waals surface area contributed by atoms with Crippen molar-refractivity contribution in [2.75, 3.05) is 5.73 Å². The summed E-state index contributed by atoms with van der Waals surface area (Å²) in [5, 5.41) is 8.14. The van der Waals surface area contributed by atoms with Crippen LogP contribution in [-0.4, -0.2) is 25.0 Å². The summed E-state index contributed by atoms with van der Waals surface area (Å²) in [5.41, 5.74) is 9.48. The second kappa shape index (κ2) is 7.65. The van der Waals surface area contributed by atoms with Gasteiger partial charge < -0.3 is 10.5 Å². The predicted molar refractivity (Wildman–Crippen MR) is 101 cm³/mol. The molecule has 0 aliphatic carbocycles. The van der Waals surface area contributed by atoms with E-state index in [2.05, 4.69) is 20.3 Å². The number of rotatable bonds is 6. The number of para-hydroxylation sites is 1. The maximum atomic E-state index is 5.95. The maximum absolute atomic E-state index is 5.95. The van der Waals surface area contributed by atoms with Crippen LogP contribution in [0.4, 0.5) is 5.82 Å². The Morgan fingerprint density at radius 3 is 2.59 bits per heavy atom. The number of ether oxygens (including phenoxy) is 1. The van der Waals surface area contributed by atoms with Crippen LogP contribution in [0.1, 0.15) is 17.0 Å². The third kappa shape index (κ3) is 3.92. The number of aromatic nitrogens is 5. The van der Waals surface area contributed by atoms with Crippen molar-refractivity contribution >= 4 is 5.82 Å². The molecule has 0 unspecified atom stereocenters. The van der Waals surface area contributed by atoms with E-state index in [4.69, 9.17) is 10.5 Å². The number of benzene rings is 1. The molecule has 4 aromatic rings. The highest BCUT2D eigenvalue weighted by Crippen LogP contribution is 2.17. The zero-order valence-electron chi connectivity index (χ0n) is 14.6. The molecular formula is C20H18N6O. The highest BCUT2D eigenvalue weighted by atomic mass is 16.5. The average Bonchev–Trinajstić information content (AvgIpc) is 3.16. The highest BCUT2D eigenvalue weighted by Gasteiger charge is 2.10. The van der Waals surface area contributed by atoms with E-state index >= 15 is 0 Å². The molecule has 134 valence electrons. The Kier molecular flexibility index (Phi) is 4.74. The minimum absolute atomic E-state index is 0.413. The van der Waals surface area contributed by atoms with E-state index in [1.54, 1.807) is 17.1 Å². The van der Waals surface area contributed by atoms with Crippen molar-refractivity contribution in [3.05, 3.63) is 90.1 Å². The number of pyridine rings is 2. The lowest BCUT2D eigenvalue weighted by Crippen LogP contribution is -2.07. The van der Waals surface area contributed by atoms with Gasteiger partial charge in [0.1, 0.15) is 23.9 Å². The Bertz CT molecular complexity index is 1010. The molecule has 0 aliphatic rings. The molecule has 0 spiro atoms. The molecule has 0 atom stereocenters. The first-order valence-corrected chi connectivity index (χ1v) is 8.52. The quantitative estimate of drug-likeness (QED) is 0.570. The molecule has 7 heteroatoms. The van der Waals surface area contributed by atoms with Gasteiger partial charge in [0.25, 0.3) is 0 Å². The summed E-state index contributed by atoms with van der Waals surface area (Å²) in [4.78, 5) is 8.59. The number of nitrogens with zero attached hydrogens (tertiary/aromatic N) is 5. The van der Waals surface area contributed by atoms with E-state index in [0.717, 1.165) is 22.7 Å². The molecule has 0 saturated carbocycles. The molecule has 7 nitrogen and oxygen atoms in total. The van der Waals surface area contributed by atoms with Crippen molar-refractivity contribution in [1.29, 1.82) is 0 Å². The van der Waals surface area contributed by atoms with E-state index < -0.39 is 0 Å². The average molecular weight is 358 g/mol. The van der Waals surface area contributed by atoms with Crippen LogP contribution >= 0.6 is 0 Å². The topological polar surface area (TPSA) is 91.7 Å². The fourth-order valence-electron chi connectivity index (χ4n) is 2.70.